The topological polar surface area (TPSA) is 101 Å². The molecule has 1 aromatic heterocycles. The first-order valence-electron chi connectivity index (χ1n) is 5.85. The maximum absolute atomic E-state index is 10.5. The van der Waals surface area contributed by atoms with Crippen LogP contribution in [0.15, 0.2) is 34.9 Å². The number of halogens is 1. The average molecular weight is 351 g/mol. The number of nitrogens with one attached hydrogen (secondary N) is 2. The Morgan fingerprint density at radius 3 is 2.76 bits per heavy atom. The van der Waals surface area contributed by atoms with Gasteiger partial charge in [-0.2, -0.15) is 0 Å². The van der Waals surface area contributed by atoms with Crippen LogP contribution in [0.5, 0.6) is 11.5 Å². The summed E-state index contributed by atoms with van der Waals surface area (Å²) in [7, 11) is 1.76. The minimum atomic E-state index is -0.575. The zero-order valence-corrected chi connectivity index (χ0v) is 12.5. The molecule has 0 radical (unpaired) electrons. The van der Waals surface area contributed by atoms with E-state index in [-0.39, 0.29) is 5.82 Å². The number of nitro groups is 1. The molecule has 0 fully saturated rings. The number of hydrogen-bond acceptors (Lipinski definition) is 6. The summed E-state index contributed by atoms with van der Waals surface area (Å²) < 4.78 is 6.31. The van der Waals surface area contributed by atoms with E-state index in [1.165, 1.54) is 24.5 Å². The van der Waals surface area contributed by atoms with E-state index < -0.39 is 4.92 Å². The summed E-state index contributed by atoms with van der Waals surface area (Å²) in [6.45, 7) is 0. The lowest BCUT2D eigenvalue weighted by atomic mass is 10.2. The quantitative estimate of drug-likeness (QED) is 0.487. The summed E-state index contributed by atoms with van der Waals surface area (Å²) in [4.78, 5) is 13.7. The third-order valence-corrected chi connectivity index (χ3v) is 3.28. The summed E-state index contributed by atoms with van der Waals surface area (Å²) in [5.41, 5.74) is 1.44. The highest BCUT2D eigenvalue weighted by Crippen LogP contribution is 2.34. The third-order valence-electron chi connectivity index (χ3n) is 2.66. The van der Waals surface area contributed by atoms with Crippen LogP contribution >= 0.6 is 15.9 Å². The molecule has 0 amide bonds. The van der Waals surface area contributed by atoms with Crippen LogP contribution in [0.1, 0.15) is 5.56 Å². The van der Waals surface area contributed by atoms with Crippen LogP contribution in [0.3, 0.4) is 0 Å². The monoisotopic (exact) mass is 350 g/mol. The molecule has 0 spiro atoms. The van der Waals surface area contributed by atoms with Gasteiger partial charge in [-0.3, -0.25) is 0 Å². The number of benzene rings is 1. The van der Waals surface area contributed by atoms with Gasteiger partial charge in [-0.15, -0.1) is 0 Å². The molecular formula is C13H11BrN4O3. The largest absolute Gasteiger partial charge is 0.452 e. The van der Waals surface area contributed by atoms with Gasteiger partial charge in [-0.05, 0) is 44.0 Å². The van der Waals surface area contributed by atoms with Crippen molar-refractivity contribution in [2.24, 2.45) is 0 Å². The second-order valence-corrected chi connectivity index (χ2v) is 4.83. The molecule has 21 heavy (non-hydrogen) atoms. The van der Waals surface area contributed by atoms with Gasteiger partial charge in [0.2, 0.25) is 0 Å². The zero-order valence-electron chi connectivity index (χ0n) is 11.0. The maximum Gasteiger partial charge on any atom is 0.363 e. The van der Waals surface area contributed by atoms with Crippen molar-refractivity contribution in [3.05, 3.63) is 50.6 Å². The number of nitrogens with zero attached hydrogens (tertiary/aromatic N) is 2. The first-order chi connectivity index (χ1) is 10.0. The van der Waals surface area contributed by atoms with E-state index in [2.05, 4.69) is 26.2 Å². The fraction of sp³-hybridized carbons (Fsp3) is 0.0769. The van der Waals surface area contributed by atoms with Gasteiger partial charge in [-0.1, -0.05) is 0 Å². The van der Waals surface area contributed by atoms with Crippen molar-refractivity contribution < 1.29 is 9.66 Å². The van der Waals surface area contributed by atoms with Crippen molar-refractivity contribution in [1.29, 1.82) is 5.41 Å². The Morgan fingerprint density at radius 1 is 1.48 bits per heavy atom. The molecule has 0 aliphatic carbocycles. The van der Waals surface area contributed by atoms with Gasteiger partial charge in [0.1, 0.15) is 5.75 Å². The Balaban J connectivity index is 2.30. The second kappa shape index (κ2) is 6.31. The Morgan fingerprint density at radius 2 is 2.24 bits per heavy atom. The zero-order chi connectivity index (χ0) is 15.4. The first kappa shape index (κ1) is 14.9. The second-order valence-electron chi connectivity index (χ2n) is 3.98. The van der Waals surface area contributed by atoms with E-state index in [1.54, 1.807) is 19.2 Å². The van der Waals surface area contributed by atoms with Crippen LogP contribution in [-0.2, 0) is 0 Å². The Hall–Kier alpha value is -2.48. The van der Waals surface area contributed by atoms with E-state index in [1.807, 2.05) is 0 Å². The molecule has 2 N–H and O–H groups in total. The molecule has 108 valence electrons. The van der Waals surface area contributed by atoms with Gasteiger partial charge in [0, 0.05) is 30.6 Å². The van der Waals surface area contributed by atoms with Crippen molar-refractivity contribution in [3.8, 4) is 11.5 Å². The van der Waals surface area contributed by atoms with E-state index in [9.17, 15) is 10.1 Å². The number of aromatic nitrogens is 1. The summed E-state index contributed by atoms with van der Waals surface area (Å²) in [5.74, 6) is 0.615. The lowest BCUT2D eigenvalue weighted by molar-refractivity contribution is -0.389. The van der Waals surface area contributed by atoms with E-state index >= 15 is 0 Å². The Labute approximate surface area is 128 Å². The molecule has 0 bridgehead atoms. The van der Waals surface area contributed by atoms with E-state index in [0.29, 0.717) is 21.5 Å². The van der Waals surface area contributed by atoms with Crippen molar-refractivity contribution in [3.63, 3.8) is 0 Å². The van der Waals surface area contributed by atoms with Crippen LogP contribution in [0.25, 0.3) is 0 Å². The molecule has 0 saturated carbocycles. The molecule has 0 aliphatic rings. The van der Waals surface area contributed by atoms with Crippen molar-refractivity contribution in [2.75, 3.05) is 12.4 Å². The summed E-state index contributed by atoms with van der Waals surface area (Å²) in [6.07, 6.45) is 2.49. The predicted molar refractivity (Wildman–Crippen MR) is 82.5 cm³/mol. The minimum Gasteiger partial charge on any atom is -0.452 e. The lowest BCUT2D eigenvalue weighted by Crippen LogP contribution is -1.97. The fourth-order valence-electron chi connectivity index (χ4n) is 1.65. The number of rotatable bonds is 5. The Bertz CT molecular complexity index is 689. The highest BCUT2D eigenvalue weighted by atomic mass is 79.9. The van der Waals surface area contributed by atoms with Crippen LogP contribution in [0.2, 0.25) is 0 Å². The number of hydrogen-bond donors (Lipinski definition) is 2. The van der Waals surface area contributed by atoms with Gasteiger partial charge in [0.15, 0.2) is 11.9 Å². The van der Waals surface area contributed by atoms with Crippen LogP contribution < -0.4 is 10.1 Å². The van der Waals surface area contributed by atoms with Gasteiger partial charge >= 0.3 is 5.82 Å². The summed E-state index contributed by atoms with van der Waals surface area (Å²) in [6, 6.07) is 6.20. The molecule has 0 unspecified atom stereocenters. The summed E-state index contributed by atoms with van der Waals surface area (Å²) in [5, 5.41) is 20.9. The number of anilines is 1. The van der Waals surface area contributed by atoms with Crippen molar-refractivity contribution in [1.82, 2.24) is 4.98 Å². The molecule has 0 saturated heterocycles. The molecule has 1 heterocycles. The molecule has 0 aliphatic heterocycles. The standard InChI is InChI=1S/C13H11BrN4O3/c1-16-11-5-10(14)12(4-8(11)6-15)21-9-2-3-13(17-7-9)18(19)20/h2-7,15-16H,1H3. The van der Waals surface area contributed by atoms with Crippen molar-refractivity contribution in [2.45, 2.75) is 0 Å². The molecule has 2 rings (SSSR count). The highest BCUT2D eigenvalue weighted by molar-refractivity contribution is 9.10. The molecular weight excluding hydrogens is 340 g/mol. The fourth-order valence-corrected chi connectivity index (χ4v) is 2.08. The van der Waals surface area contributed by atoms with Crippen LogP contribution in [0.4, 0.5) is 11.5 Å². The molecule has 0 atom stereocenters. The molecule has 7 nitrogen and oxygen atoms in total. The molecule has 1 aromatic carbocycles. The maximum atomic E-state index is 10.5. The normalized spacial score (nSPS) is 10.0. The lowest BCUT2D eigenvalue weighted by Gasteiger charge is -2.11. The highest BCUT2D eigenvalue weighted by Gasteiger charge is 2.11. The molecule has 2 aromatic rings. The van der Waals surface area contributed by atoms with Gasteiger partial charge in [0.25, 0.3) is 0 Å². The predicted octanol–water partition coefficient (Wildman–Crippen LogP) is 3.58. The number of pyridine rings is 1. The molecule has 8 heteroatoms. The van der Waals surface area contributed by atoms with Gasteiger partial charge in [0.05, 0.1) is 4.47 Å². The summed E-state index contributed by atoms with van der Waals surface area (Å²) >= 11 is 3.38. The SMILES string of the molecule is CNc1cc(Br)c(Oc2ccc([N+](=O)[O-])nc2)cc1C=N. The van der Waals surface area contributed by atoms with E-state index in [0.717, 1.165) is 5.69 Å². The Kier molecular flexibility index (Phi) is 4.49. The van der Waals surface area contributed by atoms with Crippen molar-refractivity contribution >= 4 is 33.6 Å². The smallest absolute Gasteiger partial charge is 0.363 e. The van der Waals surface area contributed by atoms with Crippen LogP contribution in [-0.4, -0.2) is 23.2 Å². The van der Waals surface area contributed by atoms with Gasteiger partial charge in [-0.25, -0.2) is 0 Å². The van der Waals surface area contributed by atoms with E-state index in [4.69, 9.17) is 10.1 Å². The third kappa shape index (κ3) is 3.34. The minimum absolute atomic E-state index is 0.243. The van der Waals surface area contributed by atoms with Crippen LogP contribution in [0, 0.1) is 15.5 Å². The first-order valence-corrected chi connectivity index (χ1v) is 6.64. The van der Waals surface area contributed by atoms with Gasteiger partial charge < -0.3 is 25.6 Å². The average Bonchev–Trinajstić information content (AvgIpc) is 2.49. The number of ether oxygens (including phenoxy) is 1.